The lowest BCUT2D eigenvalue weighted by molar-refractivity contribution is 0.166. The van der Waals surface area contributed by atoms with Crippen molar-refractivity contribution in [1.82, 2.24) is 9.62 Å². The minimum atomic E-state index is -3.53. The van der Waals surface area contributed by atoms with E-state index in [9.17, 15) is 8.42 Å². The van der Waals surface area contributed by atoms with Crippen LogP contribution in [0.5, 0.6) is 0 Å². The van der Waals surface area contributed by atoms with E-state index >= 15 is 0 Å². The average molecular weight is 399 g/mol. The van der Waals surface area contributed by atoms with Crippen LogP contribution in [0.2, 0.25) is 0 Å². The van der Waals surface area contributed by atoms with E-state index in [-0.39, 0.29) is 18.0 Å². The van der Waals surface area contributed by atoms with Gasteiger partial charge in [-0.3, -0.25) is 0 Å². The Hall–Kier alpha value is -1.95. The smallest absolute Gasteiger partial charge is 0.243 e. The van der Waals surface area contributed by atoms with Gasteiger partial charge >= 0.3 is 0 Å². The van der Waals surface area contributed by atoms with Gasteiger partial charge in [0, 0.05) is 25.2 Å². The number of aryl methyl sites for hydroxylation is 1. The van der Waals surface area contributed by atoms with Crippen molar-refractivity contribution in [1.29, 1.82) is 0 Å². The van der Waals surface area contributed by atoms with Gasteiger partial charge in [0.05, 0.1) is 4.90 Å². The SMILES string of the molecule is C=C(C)[C@@H]1CCN(S(=O)(=O)c2ccc(C)cc2)[C@@H](C)[C@@H]1NCc1ccccc1. The van der Waals surface area contributed by atoms with Crippen LogP contribution in [-0.4, -0.2) is 31.4 Å². The molecule has 1 N–H and O–H groups in total. The van der Waals surface area contributed by atoms with Gasteiger partial charge in [0.2, 0.25) is 10.0 Å². The van der Waals surface area contributed by atoms with Crippen LogP contribution in [0.15, 0.2) is 71.6 Å². The molecule has 0 unspecified atom stereocenters. The van der Waals surface area contributed by atoms with E-state index < -0.39 is 10.0 Å². The lowest BCUT2D eigenvalue weighted by Crippen LogP contribution is -2.58. The molecule has 0 bridgehead atoms. The second-order valence-electron chi connectivity index (χ2n) is 7.80. The van der Waals surface area contributed by atoms with Crippen molar-refractivity contribution in [2.75, 3.05) is 6.54 Å². The van der Waals surface area contributed by atoms with Crippen molar-refractivity contribution >= 4 is 10.0 Å². The van der Waals surface area contributed by atoms with Crippen LogP contribution in [0, 0.1) is 12.8 Å². The first-order chi connectivity index (χ1) is 13.3. The summed E-state index contributed by atoms with van der Waals surface area (Å²) in [6.07, 6.45) is 0.775. The maximum atomic E-state index is 13.3. The fraction of sp³-hybridized carbons (Fsp3) is 0.391. The lowest BCUT2D eigenvalue weighted by atomic mass is 9.83. The number of rotatable bonds is 6. The largest absolute Gasteiger partial charge is 0.308 e. The number of hydrogen-bond acceptors (Lipinski definition) is 3. The van der Waals surface area contributed by atoms with E-state index in [1.807, 2.05) is 51.1 Å². The first-order valence-electron chi connectivity index (χ1n) is 9.82. The predicted molar refractivity (Wildman–Crippen MR) is 115 cm³/mol. The molecule has 3 atom stereocenters. The minimum Gasteiger partial charge on any atom is -0.308 e. The van der Waals surface area contributed by atoms with Crippen LogP contribution in [0.1, 0.15) is 31.4 Å². The van der Waals surface area contributed by atoms with E-state index in [0.29, 0.717) is 18.0 Å². The molecule has 4 nitrogen and oxygen atoms in total. The highest BCUT2D eigenvalue weighted by atomic mass is 32.2. The van der Waals surface area contributed by atoms with Crippen molar-refractivity contribution in [3.8, 4) is 0 Å². The maximum Gasteiger partial charge on any atom is 0.243 e. The predicted octanol–water partition coefficient (Wildman–Crippen LogP) is 4.13. The van der Waals surface area contributed by atoms with Crippen LogP contribution >= 0.6 is 0 Å². The van der Waals surface area contributed by atoms with Crippen molar-refractivity contribution < 1.29 is 8.42 Å². The average Bonchev–Trinajstić information content (AvgIpc) is 2.67. The van der Waals surface area contributed by atoms with Crippen LogP contribution < -0.4 is 5.32 Å². The molecule has 2 aromatic carbocycles. The second-order valence-corrected chi connectivity index (χ2v) is 9.69. The first-order valence-corrected chi connectivity index (χ1v) is 11.3. The third-order valence-corrected chi connectivity index (χ3v) is 7.71. The highest BCUT2D eigenvalue weighted by molar-refractivity contribution is 7.89. The van der Waals surface area contributed by atoms with Gasteiger partial charge in [-0.25, -0.2) is 8.42 Å². The zero-order valence-corrected chi connectivity index (χ0v) is 17.7. The third kappa shape index (κ3) is 4.37. The Morgan fingerprint density at radius 2 is 1.79 bits per heavy atom. The topological polar surface area (TPSA) is 49.4 Å². The molecule has 150 valence electrons. The molecule has 0 radical (unpaired) electrons. The number of nitrogens with zero attached hydrogens (tertiary/aromatic N) is 1. The molecule has 0 amide bonds. The van der Waals surface area contributed by atoms with E-state index in [1.165, 1.54) is 5.56 Å². The quantitative estimate of drug-likeness (QED) is 0.745. The Balaban J connectivity index is 1.84. The van der Waals surface area contributed by atoms with Gasteiger partial charge < -0.3 is 5.32 Å². The second kappa shape index (κ2) is 8.60. The fourth-order valence-corrected chi connectivity index (χ4v) is 5.71. The Kier molecular flexibility index (Phi) is 6.38. The van der Waals surface area contributed by atoms with Crippen molar-refractivity contribution in [2.24, 2.45) is 5.92 Å². The molecule has 1 aliphatic heterocycles. The van der Waals surface area contributed by atoms with Crippen molar-refractivity contribution in [2.45, 2.75) is 50.7 Å². The molecular formula is C23H30N2O2S. The number of piperidine rings is 1. The maximum absolute atomic E-state index is 13.3. The summed E-state index contributed by atoms with van der Waals surface area (Å²) in [6.45, 7) is 11.4. The summed E-state index contributed by atoms with van der Waals surface area (Å²) in [5.41, 5.74) is 3.34. The van der Waals surface area contributed by atoms with Gasteiger partial charge in [0.25, 0.3) is 0 Å². The minimum absolute atomic E-state index is 0.0201. The van der Waals surface area contributed by atoms with Crippen LogP contribution in [0.3, 0.4) is 0 Å². The fourth-order valence-electron chi connectivity index (χ4n) is 4.05. The van der Waals surface area contributed by atoms with Gasteiger partial charge in [-0.05, 0) is 50.8 Å². The van der Waals surface area contributed by atoms with Crippen LogP contribution in [0.4, 0.5) is 0 Å². The van der Waals surface area contributed by atoms with E-state index in [2.05, 4.69) is 24.0 Å². The van der Waals surface area contributed by atoms with Crippen molar-refractivity contribution in [3.63, 3.8) is 0 Å². The molecule has 5 heteroatoms. The van der Waals surface area contributed by atoms with Crippen molar-refractivity contribution in [3.05, 3.63) is 77.9 Å². The van der Waals surface area contributed by atoms with Gasteiger partial charge in [-0.1, -0.05) is 60.2 Å². The molecule has 0 aromatic heterocycles. The Labute approximate surface area is 169 Å². The Morgan fingerprint density at radius 1 is 1.14 bits per heavy atom. The molecule has 0 aliphatic carbocycles. The summed E-state index contributed by atoms with van der Waals surface area (Å²) in [5, 5.41) is 3.61. The van der Waals surface area contributed by atoms with Crippen LogP contribution in [0.25, 0.3) is 0 Å². The normalized spacial score (nSPS) is 23.5. The number of benzene rings is 2. The molecule has 0 saturated carbocycles. The van der Waals surface area contributed by atoms with E-state index in [1.54, 1.807) is 16.4 Å². The van der Waals surface area contributed by atoms with Gasteiger partial charge in [-0.15, -0.1) is 0 Å². The number of hydrogen-bond donors (Lipinski definition) is 1. The summed E-state index contributed by atoms with van der Waals surface area (Å²) in [4.78, 5) is 0.362. The number of nitrogens with one attached hydrogen (secondary N) is 1. The summed E-state index contributed by atoms with van der Waals surface area (Å²) >= 11 is 0. The standard InChI is InChI=1S/C23H30N2O2S/c1-17(2)22-14-15-25(28(26,27)21-12-10-18(3)11-13-21)19(4)23(22)24-16-20-8-6-5-7-9-20/h5-13,19,22-24H,1,14-16H2,2-4H3/t19-,22-,23-/m0/s1. The van der Waals surface area contributed by atoms with E-state index in [4.69, 9.17) is 0 Å². The Morgan fingerprint density at radius 3 is 2.39 bits per heavy atom. The van der Waals surface area contributed by atoms with E-state index in [0.717, 1.165) is 17.6 Å². The van der Waals surface area contributed by atoms with Gasteiger partial charge in [0.1, 0.15) is 0 Å². The molecule has 28 heavy (non-hydrogen) atoms. The summed E-state index contributed by atoms with van der Waals surface area (Å²) < 4.78 is 28.2. The number of sulfonamides is 1. The molecule has 0 spiro atoms. The molecular weight excluding hydrogens is 368 g/mol. The molecule has 1 heterocycles. The molecule has 2 aromatic rings. The zero-order valence-electron chi connectivity index (χ0n) is 16.9. The molecule has 1 aliphatic rings. The molecule has 1 fully saturated rings. The zero-order chi connectivity index (χ0) is 20.3. The summed E-state index contributed by atoms with van der Waals surface area (Å²) in [6, 6.07) is 17.2. The summed E-state index contributed by atoms with van der Waals surface area (Å²) in [7, 11) is -3.53. The third-order valence-electron chi connectivity index (χ3n) is 5.71. The monoisotopic (exact) mass is 398 g/mol. The summed E-state index contributed by atoms with van der Waals surface area (Å²) in [5.74, 6) is 0.253. The lowest BCUT2D eigenvalue weighted by Gasteiger charge is -2.44. The highest BCUT2D eigenvalue weighted by Gasteiger charge is 2.41. The Bertz CT molecular complexity index is 907. The molecule has 1 saturated heterocycles. The first kappa shape index (κ1) is 20.8. The molecule has 3 rings (SSSR count). The highest BCUT2D eigenvalue weighted by Crippen LogP contribution is 2.32. The van der Waals surface area contributed by atoms with Crippen LogP contribution in [-0.2, 0) is 16.6 Å². The van der Waals surface area contributed by atoms with Gasteiger partial charge in [-0.2, -0.15) is 4.31 Å². The van der Waals surface area contributed by atoms with Gasteiger partial charge in [0.15, 0.2) is 0 Å².